The Bertz CT molecular complexity index is 830. The first-order chi connectivity index (χ1) is 13.6. The lowest BCUT2D eigenvalue weighted by Crippen LogP contribution is -2.40. The lowest BCUT2D eigenvalue weighted by molar-refractivity contribution is -0.132. The predicted molar refractivity (Wildman–Crippen MR) is 108 cm³/mol. The summed E-state index contributed by atoms with van der Waals surface area (Å²) < 4.78 is 0. The second-order valence-corrected chi connectivity index (χ2v) is 8.36. The Labute approximate surface area is 168 Å². The molecule has 0 bridgehead atoms. The van der Waals surface area contributed by atoms with Gasteiger partial charge in [-0.05, 0) is 30.7 Å². The quantitative estimate of drug-likeness (QED) is 0.839. The highest BCUT2D eigenvalue weighted by Crippen LogP contribution is 2.31. The fourth-order valence-electron chi connectivity index (χ4n) is 4.01. The van der Waals surface area contributed by atoms with E-state index in [2.05, 4.69) is 4.98 Å². The molecule has 28 heavy (non-hydrogen) atoms. The molecule has 1 unspecified atom stereocenters. The van der Waals surface area contributed by atoms with Gasteiger partial charge >= 0.3 is 0 Å². The molecule has 2 aliphatic rings. The minimum Gasteiger partial charge on any atom is -0.388 e. The number of likely N-dealkylation sites (tertiary alicyclic amines) is 1. The van der Waals surface area contributed by atoms with E-state index in [-0.39, 0.29) is 24.2 Å². The standard InChI is InChI=1S/C21H25N3O3S/c25-18-7-4-10-24(18)21-22-17(14-28-21)13-19(26)23-11-8-16(9-12-23)20(27)15-5-2-1-3-6-15/h1-3,5-6,14,16,20,27H,4,7-13H2. The molecule has 1 aromatic carbocycles. The summed E-state index contributed by atoms with van der Waals surface area (Å²) in [6.07, 6.45) is 2.84. The fourth-order valence-corrected chi connectivity index (χ4v) is 4.87. The number of piperidine rings is 1. The zero-order valence-corrected chi connectivity index (χ0v) is 16.6. The predicted octanol–water partition coefficient (Wildman–Crippen LogP) is 2.78. The molecule has 1 N–H and O–H groups in total. The van der Waals surface area contributed by atoms with Crippen LogP contribution < -0.4 is 4.90 Å². The first-order valence-corrected chi connectivity index (χ1v) is 10.8. The van der Waals surface area contributed by atoms with Crippen molar-refractivity contribution in [3.63, 3.8) is 0 Å². The maximum Gasteiger partial charge on any atom is 0.228 e. The second-order valence-electron chi connectivity index (χ2n) is 7.52. The van der Waals surface area contributed by atoms with Crippen LogP contribution in [0.25, 0.3) is 0 Å². The summed E-state index contributed by atoms with van der Waals surface area (Å²) in [6, 6.07) is 9.73. The van der Waals surface area contributed by atoms with E-state index in [1.165, 1.54) is 11.3 Å². The summed E-state index contributed by atoms with van der Waals surface area (Å²) >= 11 is 1.43. The molecule has 0 aliphatic carbocycles. The highest BCUT2D eigenvalue weighted by Gasteiger charge is 2.29. The molecule has 4 rings (SSSR count). The summed E-state index contributed by atoms with van der Waals surface area (Å²) in [4.78, 5) is 32.6. The topological polar surface area (TPSA) is 73.7 Å². The molecule has 1 aromatic heterocycles. The van der Waals surface area contributed by atoms with Crippen molar-refractivity contribution in [2.75, 3.05) is 24.5 Å². The van der Waals surface area contributed by atoms with Crippen LogP contribution >= 0.6 is 11.3 Å². The molecule has 2 fully saturated rings. The average molecular weight is 400 g/mol. The molecule has 0 saturated carbocycles. The lowest BCUT2D eigenvalue weighted by Gasteiger charge is -2.34. The number of hydrogen-bond donors (Lipinski definition) is 1. The maximum atomic E-state index is 12.7. The molecule has 7 heteroatoms. The van der Waals surface area contributed by atoms with Crippen molar-refractivity contribution in [2.45, 2.75) is 38.2 Å². The number of aliphatic hydroxyl groups excluding tert-OH is 1. The molecule has 148 valence electrons. The molecule has 3 heterocycles. The van der Waals surface area contributed by atoms with Crippen LogP contribution in [0.3, 0.4) is 0 Å². The van der Waals surface area contributed by atoms with Gasteiger partial charge in [0.05, 0.1) is 18.2 Å². The number of carbonyl (C=O) groups is 2. The van der Waals surface area contributed by atoms with Crippen molar-refractivity contribution >= 4 is 28.3 Å². The summed E-state index contributed by atoms with van der Waals surface area (Å²) in [5, 5.41) is 13.2. The monoisotopic (exact) mass is 399 g/mol. The first-order valence-electron chi connectivity index (χ1n) is 9.87. The van der Waals surface area contributed by atoms with E-state index in [0.29, 0.717) is 24.6 Å². The van der Waals surface area contributed by atoms with Crippen LogP contribution in [-0.4, -0.2) is 46.4 Å². The number of nitrogens with zero attached hydrogens (tertiary/aromatic N) is 3. The number of amides is 2. The van der Waals surface area contributed by atoms with Gasteiger partial charge in [-0.15, -0.1) is 11.3 Å². The zero-order valence-electron chi connectivity index (χ0n) is 15.8. The van der Waals surface area contributed by atoms with Gasteiger partial charge in [0.15, 0.2) is 5.13 Å². The number of thiazole rings is 1. The van der Waals surface area contributed by atoms with Crippen LogP contribution in [0, 0.1) is 5.92 Å². The molecule has 2 aromatic rings. The van der Waals surface area contributed by atoms with Crippen molar-refractivity contribution in [1.82, 2.24) is 9.88 Å². The van der Waals surface area contributed by atoms with Gasteiger partial charge in [0.1, 0.15) is 0 Å². The number of carbonyl (C=O) groups excluding carboxylic acids is 2. The lowest BCUT2D eigenvalue weighted by atomic mass is 9.87. The van der Waals surface area contributed by atoms with Crippen LogP contribution in [0.15, 0.2) is 35.7 Å². The highest BCUT2D eigenvalue weighted by molar-refractivity contribution is 7.14. The average Bonchev–Trinajstić information content (AvgIpc) is 3.36. The van der Waals surface area contributed by atoms with Crippen LogP contribution in [0.1, 0.15) is 43.0 Å². The highest BCUT2D eigenvalue weighted by atomic mass is 32.1. The van der Waals surface area contributed by atoms with E-state index in [9.17, 15) is 14.7 Å². The van der Waals surface area contributed by atoms with Crippen molar-refractivity contribution in [1.29, 1.82) is 0 Å². The van der Waals surface area contributed by atoms with Gasteiger partial charge in [0.2, 0.25) is 11.8 Å². The summed E-state index contributed by atoms with van der Waals surface area (Å²) in [5.41, 5.74) is 1.68. The van der Waals surface area contributed by atoms with E-state index in [1.54, 1.807) is 4.90 Å². The molecule has 0 radical (unpaired) electrons. The van der Waals surface area contributed by atoms with E-state index in [0.717, 1.165) is 37.1 Å². The van der Waals surface area contributed by atoms with Crippen molar-refractivity contribution in [2.24, 2.45) is 5.92 Å². The largest absolute Gasteiger partial charge is 0.388 e. The van der Waals surface area contributed by atoms with Gasteiger partial charge in [-0.25, -0.2) is 4.98 Å². The normalized spacial score (nSPS) is 19.2. The molecular formula is C21H25N3O3S. The van der Waals surface area contributed by atoms with Gasteiger partial charge in [0, 0.05) is 31.4 Å². The van der Waals surface area contributed by atoms with Gasteiger partial charge in [0.25, 0.3) is 0 Å². The Balaban J connectivity index is 1.30. The Morgan fingerprint density at radius 2 is 1.96 bits per heavy atom. The number of rotatable bonds is 5. The Kier molecular flexibility index (Phi) is 5.73. The Hall–Kier alpha value is -2.25. The molecule has 2 saturated heterocycles. The van der Waals surface area contributed by atoms with Crippen LogP contribution in [0.2, 0.25) is 0 Å². The van der Waals surface area contributed by atoms with E-state index >= 15 is 0 Å². The molecular weight excluding hydrogens is 374 g/mol. The van der Waals surface area contributed by atoms with Crippen molar-refractivity contribution < 1.29 is 14.7 Å². The number of hydrogen-bond acceptors (Lipinski definition) is 5. The number of anilines is 1. The zero-order chi connectivity index (χ0) is 19.5. The molecule has 0 spiro atoms. The third kappa shape index (κ3) is 4.10. The first kappa shape index (κ1) is 19.1. The van der Waals surface area contributed by atoms with Gasteiger partial charge < -0.3 is 10.0 Å². The van der Waals surface area contributed by atoms with Gasteiger partial charge in [-0.2, -0.15) is 0 Å². The Morgan fingerprint density at radius 3 is 2.64 bits per heavy atom. The summed E-state index contributed by atoms with van der Waals surface area (Å²) in [7, 11) is 0. The molecule has 6 nitrogen and oxygen atoms in total. The van der Waals surface area contributed by atoms with E-state index in [4.69, 9.17) is 0 Å². The summed E-state index contributed by atoms with van der Waals surface area (Å²) in [6.45, 7) is 2.04. The van der Waals surface area contributed by atoms with Crippen LogP contribution in [-0.2, 0) is 16.0 Å². The third-order valence-electron chi connectivity index (χ3n) is 5.66. The molecule has 2 amide bonds. The van der Waals surface area contributed by atoms with Crippen LogP contribution in [0.5, 0.6) is 0 Å². The van der Waals surface area contributed by atoms with Gasteiger partial charge in [-0.1, -0.05) is 30.3 Å². The molecule has 1 atom stereocenters. The smallest absolute Gasteiger partial charge is 0.228 e. The number of benzene rings is 1. The fraction of sp³-hybridized carbons (Fsp3) is 0.476. The number of aromatic nitrogens is 1. The van der Waals surface area contributed by atoms with E-state index in [1.807, 2.05) is 40.6 Å². The van der Waals surface area contributed by atoms with Crippen LogP contribution in [0.4, 0.5) is 5.13 Å². The second kappa shape index (κ2) is 8.41. The minimum absolute atomic E-state index is 0.0669. The van der Waals surface area contributed by atoms with Gasteiger partial charge in [-0.3, -0.25) is 14.5 Å². The number of aliphatic hydroxyl groups is 1. The SMILES string of the molecule is O=C(Cc1csc(N2CCCC2=O)n1)N1CCC(C(O)c2ccccc2)CC1. The van der Waals surface area contributed by atoms with Crippen molar-refractivity contribution in [3.05, 3.63) is 47.0 Å². The third-order valence-corrected chi connectivity index (χ3v) is 6.57. The van der Waals surface area contributed by atoms with E-state index < -0.39 is 6.10 Å². The molecule has 2 aliphatic heterocycles. The van der Waals surface area contributed by atoms with Crippen molar-refractivity contribution in [3.8, 4) is 0 Å². The maximum absolute atomic E-state index is 12.7. The summed E-state index contributed by atoms with van der Waals surface area (Å²) in [5.74, 6) is 0.363. The minimum atomic E-state index is -0.474. The Morgan fingerprint density at radius 1 is 1.21 bits per heavy atom.